The Balaban J connectivity index is 2.23. The van der Waals surface area contributed by atoms with Crippen molar-refractivity contribution in [2.24, 2.45) is 4.99 Å². The van der Waals surface area contributed by atoms with Crippen molar-refractivity contribution in [3.05, 3.63) is 23.8 Å². The zero-order valence-electron chi connectivity index (χ0n) is 10.7. The first-order valence-electron chi connectivity index (χ1n) is 6.24. The number of likely N-dealkylation sites (N-methyl/N-ethyl adjacent to an activating group) is 1. The number of hydrogen-bond acceptors (Lipinski definition) is 3. The third kappa shape index (κ3) is 2.67. The molecule has 1 saturated heterocycles. The molecule has 1 aromatic carbocycles. The molecule has 3 nitrogen and oxygen atoms in total. The lowest BCUT2D eigenvalue weighted by Crippen LogP contribution is -2.44. The first-order valence-corrected chi connectivity index (χ1v) is 6.24. The molecule has 0 amide bonds. The predicted octanol–water partition coefficient (Wildman–Crippen LogP) is 2.52. The van der Waals surface area contributed by atoms with Crippen LogP contribution >= 0.6 is 0 Å². The Morgan fingerprint density at radius 3 is 3.00 bits per heavy atom. The van der Waals surface area contributed by atoms with Crippen molar-refractivity contribution in [1.29, 1.82) is 0 Å². The number of benzene rings is 1. The molecule has 1 aliphatic heterocycles. The maximum absolute atomic E-state index is 4.15. The van der Waals surface area contributed by atoms with Crippen LogP contribution in [0.1, 0.15) is 18.4 Å². The number of nitrogens with zero attached hydrogens (tertiary/aromatic N) is 2. The fourth-order valence-corrected chi connectivity index (χ4v) is 2.46. The van der Waals surface area contributed by atoms with Gasteiger partial charge < -0.3 is 10.2 Å². The Hall–Kier alpha value is -1.35. The minimum absolute atomic E-state index is 0.586. The summed E-state index contributed by atoms with van der Waals surface area (Å²) in [5.74, 6) is 0. The van der Waals surface area contributed by atoms with E-state index in [1.807, 2.05) is 7.05 Å². The summed E-state index contributed by atoms with van der Waals surface area (Å²) >= 11 is 0. The summed E-state index contributed by atoms with van der Waals surface area (Å²) in [7, 11) is 2.04. The van der Waals surface area contributed by atoms with Gasteiger partial charge in [-0.1, -0.05) is 6.07 Å². The molecule has 1 fully saturated rings. The molecule has 0 aliphatic carbocycles. The number of anilines is 1. The Labute approximate surface area is 104 Å². The van der Waals surface area contributed by atoms with Gasteiger partial charge in [-0.2, -0.15) is 0 Å². The van der Waals surface area contributed by atoms with Crippen LogP contribution in [-0.4, -0.2) is 32.9 Å². The predicted molar refractivity (Wildman–Crippen MR) is 74.7 cm³/mol. The van der Waals surface area contributed by atoms with Crippen LogP contribution in [0.25, 0.3) is 0 Å². The second-order valence-electron chi connectivity index (χ2n) is 4.72. The molecule has 0 radical (unpaired) electrons. The summed E-state index contributed by atoms with van der Waals surface area (Å²) in [6, 6.07) is 7.00. The van der Waals surface area contributed by atoms with E-state index < -0.39 is 0 Å². The molecule has 2 rings (SSSR count). The van der Waals surface area contributed by atoms with E-state index in [-0.39, 0.29) is 0 Å². The molecule has 0 spiro atoms. The Kier molecular flexibility index (Phi) is 3.79. The molecule has 92 valence electrons. The van der Waals surface area contributed by atoms with Crippen molar-refractivity contribution in [2.45, 2.75) is 25.8 Å². The van der Waals surface area contributed by atoms with Crippen LogP contribution in [-0.2, 0) is 0 Å². The number of piperidine rings is 1. The topological polar surface area (TPSA) is 27.6 Å². The average molecular weight is 231 g/mol. The van der Waals surface area contributed by atoms with Crippen molar-refractivity contribution >= 4 is 18.1 Å². The number of nitrogens with one attached hydrogen (secondary N) is 1. The van der Waals surface area contributed by atoms with Gasteiger partial charge in [-0.3, -0.25) is 4.99 Å². The van der Waals surface area contributed by atoms with Crippen molar-refractivity contribution in [3.8, 4) is 0 Å². The minimum Gasteiger partial charge on any atom is -0.368 e. The van der Waals surface area contributed by atoms with Crippen molar-refractivity contribution < 1.29 is 0 Å². The van der Waals surface area contributed by atoms with Gasteiger partial charge in [0.25, 0.3) is 0 Å². The first kappa shape index (κ1) is 12.1. The van der Waals surface area contributed by atoms with E-state index >= 15 is 0 Å². The minimum atomic E-state index is 0.586. The van der Waals surface area contributed by atoms with Crippen LogP contribution in [0.5, 0.6) is 0 Å². The molecule has 1 aliphatic rings. The molecule has 0 aromatic heterocycles. The highest BCUT2D eigenvalue weighted by molar-refractivity contribution is 5.70. The number of aryl methyl sites for hydroxylation is 1. The second-order valence-corrected chi connectivity index (χ2v) is 4.72. The average Bonchev–Trinajstić information content (AvgIpc) is 2.38. The Morgan fingerprint density at radius 2 is 2.29 bits per heavy atom. The number of hydrogen-bond donors (Lipinski definition) is 1. The molecule has 1 heterocycles. The summed E-state index contributed by atoms with van der Waals surface area (Å²) in [6.07, 6.45) is 2.49. The van der Waals surface area contributed by atoms with Crippen molar-refractivity contribution in [2.75, 3.05) is 25.0 Å². The van der Waals surface area contributed by atoms with Crippen LogP contribution in [0.15, 0.2) is 23.2 Å². The van der Waals surface area contributed by atoms with E-state index in [0.29, 0.717) is 6.04 Å². The molecule has 3 heteroatoms. The second kappa shape index (κ2) is 5.32. The third-order valence-electron chi connectivity index (χ3n) is 3.47. The van der Waals surface area contributed by atoms with Crippen LogP contribution in [0.3, 0.4) is 0 Å². The molecular formula is C14H21N3. The highest BCUT2D eigenvalue weighted by Gasteiger charge is 2.20. The quantitative estimate of drug-likeness (QED) is 0.809. The van der Waals surface area contributed by atoms with Gasteiger partial charge in [0.15, 0.2) is 0 Å². The van der Waals surface area contributed by atoms with Crippen molar-refractivity contribution in [3.63, 3.8) is 0 Å². The maximum Gasteiger partial charge on any atom is 0.0858 e. The van der Waals surface area contributed by atoms with Crippen LogP contribution in [0.2, 0.25) is 0 Å². The molecule has 17 heavy (non-hydrogen) atoms. The molecule has 1 aromatic rings. The van der Waals surface area contributed by atoms with Gasteiger partial charge in [-0.15, -0.1) is 0 Å². The van der Waals surface area contributed by atoms with E-state index in [1.54, 1.807) is 0 Å². The summed E-state index contributed by atoms with van der Waals surface area (Å²) in [5.41, 5.74) is 3.45. The first-order chi connectivity index (χ1) is 8.24. The van der Waals surface area contributed by atoms with Gasteiger partial charge >= 0.3 is 0 Å². The lowest BCUT2D eigenvalue weighted by atomic mass is 10.0. The fraction of sp³-hybridized carbons (Fsp3) is 0.500. The lowest BCUT2D eigenvalue weighted by Gasteiger charge is -2.35. The monoisotopic (exact) mass is 231 g/mol. The SMILES string of the molecule is C=Nc1cc(C)ccc1N1CCCC(NC)C1. The highest BCUT2D eigenvalue weighted by atomic mass is 15.2. The molecule has 1 unspecified atom stereocenters. The zero-order chi connectivity index (χ0) is 12.3. The molecular weight excluding hydrogens is 210 g/mol. The van der Waals surface area contributed by atoms with Gasteiger partial charge in [0, 0.05) is 19.1 Å². The summed E-state index contributed by atoms with van der Waals surface area (Å²) in [4.78, 5) is 6.56. The number of rotatable bonds is 3. The lowest BCUT2D eigenvalue weighted by molar-refractivity contribution is 0.450. The smallest absolute Gasteiger partial charge is 0.0858 e. The molecule has 0 bridgehead atoms. The summed E-state index contributed by atoms with van der Waals surface area (Å²) in [5, 5.41) is 3.36. The van der Waals surface area contributed by atoms with Gasteiger partial charge in [-0.25, -0.2) is 0 Å². The van der Waals surface area contributed by atoms with E-state index in [4.69, 9.17) is 0 Å². The van der Waals surface area contributed by atoms with E-state index in [2.05, 4.69) is 47.0 Å². The van der Waals surface area contributed by atoms with Crippen LogP contribution < -0.4 is 10.2 Å². The van der Waals surface area contributed by atoms with Gasteiger partial charge in [0.2, 0.25) is 0 Å². The summed E-state index contributed by atoms with van der Waals surface area (Å²) in [6.45, 7) is 7.94. The standard InChI is InChI=1S/C14H21N3/c1-11-6-7-14(13(9-11)16-3)17-8-4-5-12(10-17)15-2/h6-7,9,12,15H,3-5,8,10H2,1-2H3. The molecule has 1 atom stereocenters. The van der Waals surface area contributed by atoms with Crippen LogP contribution in [0.4, 0.5) is 11.4 Å². The third-order valence-corrected chi connectivity index (χ3v) is 3.47. The molecule has 1 N–H and O–H groups in total. The normalized spacial score (nSPS) is 20.4. The van der Waals surface area contributed by atoms with Crippen LogP contribution in [0, 0.1) is 6.92 Å². The van der Waals surface area contributed by atoms with E-state index in [9.17, 15) is 0 Å². The van der Waals surface area contributed by atoms with E-state index in [0.717, 1.165) is 18.8 Å². The van der Waals surface area contributed by atoms with Crippen molar-refractivity contribution in [1.82, 2.24) is 5.32 Å². The largest absolute Gasteiger partial charge is 0.368 e. The van der Waals surface area contributed by atoms with Gasteiger partial charge in [-0.05, 0) is 51.2 Å². The van der Waals surface area contributed by atoms with E-state index in [1.165, 1.54) is 24.1 Å². The highest BCUT2D eigenvalue weighted by Crippen LogP contribution is 2.31. The zero-order valence-corrected chi connectivity index (χ0v) is 10.7. The Morgan fingerprint density at radius 1 is 1.47 bits per heavy atom. The molecule has 0 saturated carbocycles. The fourth-order valence-electron chi connectivity index (χ4n) is 2.46. The van der Waals surface area contributed by atoms with Gasteiger partial charge in [0.1, 0.15) is 0 Å². The number of aliphatic imine (C=N–C) groups is 1. The maximum atomic E-state index is 4.15. The Bertz CT molecular complexity index is 400. The van der Waals surface area contributed by atoms with Gasteiger partial charge in [0.05, 0.1) is 11.4 Å². The summed E-state index contributed by atoms with van der Waals surface area (Å²) < 4.78 is 0.